The second kappa shape index (κ2) is 5.01. The van der Waals surface area contributed by atoms with Gasteiger partial charge in [-0.25, -0.2) is 0 Å². The van der Waals surface area contributed by atoms with E-state index in [0.29, 0.717) is 5.69 Å². The van der Waals surface area contributed by atoms with Crippen LogP contribution in [0.3, 0.4) is 0 Å². The third-order valence-electron chi connectivity index (χ3n) is 2.04. The lowest BCUT2D eigenvalue weighted by Gasteiger charge is -2.10. The van der Waals surface area contributed by atoms with Gasteiger partial charge in [0, 0.05) is 15.5 Å². The van der Waals surface area contributed by atoms with Crippen molar-refractivity contribution in [1.29, 1.82) is 0 Å². The van der Waals surface area contributed by atoms with Crippen LogP contribution in [-0.4, -0.2) is 4.98 Å². The van der Waals surface area contributed by atoms with Gasteiger partial charge in [-0.05, 0) is 62.8 Å². The normalized spacial score (nSPS) is 10.1. The van der Waals surface area contributed by atoms with E-state index in [1.165, 1.54) is 3.57 Å². The van der Waals surface area contributed by atoms with Crippen molar-refractivity contribution in [2.24, 2.45) is 0 Å². The van der Waals surface area contributed by atoms with Crippen molar-refractivity contribution in [2.75, 3.05) is 11.1 Å². The molecule has 0 saturated heterocycles. The van der Waals surface area contributed by atoms with Crippen molar-refractivity contribution in [3.8, 4) is 0 Å². The lowest BCUT2D eigenvalue weighted by molar-refractivity contribution is 1.31. The zero-order valence-electron chi connectivity index (χ0n) is 8.24. The van der Waals surface area contributed by atoms with E-state index >= 15 is 0 Å². The van der Waals surface area contributed by atoms with Crippen molar-refractivity contribution in [3.63, 3.8) is 0 Å². The van der Waals surface area contributed by atoms with Gasteiger partial charge in [-0.3, -0.25) is 4.98 Å². The fraction of sp³-hybridized carbons (Fsp3) is 0. The van der Waals surface area contributed by atoms with E-state index < -0.39 is 0 Å². The van der Waals surface area contributed by atoms with Gasteiger partial charge in [0.15, 0.2) is 0 Å². The molecule has 0 unspecified atom stereocenters. The third-order valence-corrected chi connectivity index (χ3v) is 3.36. The van der Waals surface area contributed by atoms with Gasteiger partial charge in [-0.15, -0.1) is 0 Å². The summed E-state index contributed by atoms with van der Waals surface area (Å²) in [5.41, 5.74) is 8.30. The van der Waals surface area contributed by atoms with Gasteiger partial charge >= 0.3 is 0 Å². The number of pyridine rings is 1. The molecule has 2 rings (SSSR count). The number of anilines is 3. The maximum Gasteiger partial charge on any atom is 0.0794 e. The number of nitrogens with one attached hydrogen (secondary N) is 1. The molecule has 82 valence electrons. The van der Waals surface area contributed by atoms with E-state index in [0.717, 1.165) is 15.8 Å². The summed E-state index contributed by atoms with van der Waals surface area (Å²) in [6.07, 6.45) is 3.34. The van der Waals surface area contributed by atoms with Gasteiger partial charge < -0.3 is 11.1 Å². The summed E-state index contributed by atoms with van der Waals surface area (Å²) >= 11 is 5.68. The smallest absolute Gasteiger partial charge is 0.0794 e. The average molecular weight is 390 g/mol. The zero-order valence-corrected chi connectivity index (χ0v) is 12.0. The highest BCUT2D eigenvalue weighted by atomic mass is 127. The molecule has 0 aliphatic rings. The van der Waals surface area contributed by atoms with Crippen molar-refractivity contribution in [1.82, 2.24) is 4.98 Å². The molecule has 0 spiro atoms. The Hall–Kier alpha value is -0.820. The molecule has 1 aromatic carbocycles. The minimum absolute atomic E-state index is 0.618. The quantitative estimate of drug-likeness (QED) is 0.768. The molecule has 0 radical (unpaired) electrons. The average Bonchev–Trinajstić information content (AvgIpc) is 2.26. The number of aromatic nitrogens is 1. The van der Waals surface area contributed by atoms with Crippen LogP contribution in [-0.2, 0) is 0 Å². The highest BCUT2D eigenvalue weighted by molar-refractivity contribution is 14.1. The molecule has 1 aromatic heterocycles. The minimum Gasteiger partial charge on any atom is -0.396 e. The lowest BCUT2D eigenvalue weighted by atomic mass is 10.3. The van der Waals surface area contributed by atoms with Gasteiger partial charge in [0.1, 0.15) is 0 Å². The minimum atomic E-state index is 0.618. The molecule has 16 heavy (non-hydrogen) atoms. The number of hydrogen-bond acceptors (Lipinski definition) is 3. The maximum absolute atomic E-state index is 5.84. The van der Waals surface area contributed by atoms with Crippen LogP contribution in [0.4, 0.5) is 17.1 Å². The van der Waals surface area contributed by atoms with Crippen LogP contribution in [0.25, 0.3) is 0 Å². The summed E-state index contributed by atoms with van der Waals surface area (Å²) in [5, 5.41) is 3.25. The van der Waals surface area contributed by atoms with Crippen LogP contribution < -0.4 is 11.1 Å². The highest BCUT2D eigenvalue weighted by Gasteiger charge is 2.04. The predicted octanol–water partition coefficient (Wildman–Crippen LogP) is 3.77. The van der Waals surface area contributed by atoms with Crippen molar-refractivity contribution in [2.45, 2.75) is 0 Å². The number of halogens is 2. The van der Waals surface area contributed by atoms with Crippen LogP contribution in [0.2, 0.25) is 0 Å². The molecule has 5 heteroatoms. The summed E-state index contributed by atoms with van der Waals surface area (Å²) < 4.78 is 2.05. The monoisotopic (exact) mass is 389 g/mol. The topological polar surface area (TPSA) is 50.9 Å². The Labute approximate surface area is 116 Å². The predicted molar refractivity (Wildman–Crippen MR) is 78.8 cm³/mol. The molecular weight excluding hydrogens is 381 g/mol. The van der Waals surface area contributed by atoms with Crippen molar-refractivity contribution in [3.05, 3.63) is 44.7 Å². The van der Waals surface area contributed by atoms with Crippen molar-refractivity contribution >= 4 is 55.6 Å². The zero-order chi connectivity index (χ0) is 11.5. The molecule has 0 bridgehead atoms. The first-order chi connectivity index (χ1) is 7.66. The van der Waals surface area contributed by atoms with Crippen LogP contribution in [0.15, 0.2) is 41.1 Å². The van der Waals surface area contributed by atoms with Crippen LogP contribution >= 0.6 is 38.5 Å². The Morgan fingerprint density at radius 1 is 1.19 bits per heavy atom. The molecule has 0 aliphatic carbocycles. The summed E-state index contributed by atoms with van der Waals surface area (Å²) in [6.45, 7) is 0. The molecule has 3 N–H and O–H groups in total. The van der Waals surface area contributed by atoms with Crippen molar-refractivity contribution < 1.29 is 0 Å². The first-order valence-corrected chi connectivity index (χ1v) is 6.45. The number of nitrogen functional groups attached to an aromatic ring is 1. The molecule has 0 atom stereocenters. The van der Waals surface area contributed by atoms with Crippen LogP contribution in [0, 0.1) is 3.57 Å². The molecule has 3 nitrogen and oxygen atoms in total. The molecule has 0 amide bonds. The molecule has 0 fully saturated rings. The Morgan fingerprint density at radius 2 is 1.88 bits per heavy atom. The molecule has 0 saturated carbocycles. The summed E-state index contributed by atoms with van der Waals surface area (Å²) in [7, 11) is 0. The number of rotatable bonds is 2. The van der Waals surface area contributed by atoms with E-state index in [9.17, 15) is 0 Å². The third kappa shape index (κ3) is 2.65. The number of benzene rings is 1. The fourth-order valence-corrected chi connectivity index (χ4v) is 2.07. The molecule has 1 heterocycles. The van der Waals surface area contributed by atoms with Crippen LogP contribution in [0.1, 0.15) is 0 Å². The maximum atomic E-state index is 5.84. The van der Waals surface area contributed by atoms with Crippen LogP contribution in [0.5, 0.6) is 0 Å². The van der Waals surface area contributed by atoms with E-state index in [4.69, 9.17) is 5.73 Å². The van der Waals surface area contributed by atoms with Gasteiger partial charge in [0.05, 0.1) is 22.0 Å². The first-order valence-electron chi connectivity index (χ1n) is 4.58. The number of hydrogen-bond donors (Lipinski definition) is 2. The number of nitrogens with zero attached hydrogens (tertiary/aromatic N) is 1. The Balaban J connectivity index is 2.30. The second-order valence-corrected chi connectivity index (χ2v) is 5.32. The van der Waals surface area contributed by atoms with Gasteiger partial charge in [-0.2, -0.15) is 0 Å². The Morgan fingerprint density at radius 3 is 2.50 bits per heavy atom. The summed E-state index contributed by atoms with van der Waals surface area (Å²) in [6, 6.07) is 8.09. The van der Waals surface area contributed by atoms with Gasteiger partial charge in [0.2, 0.25) is 0 Å². The van der Waals surface area contributed by atoms with E-state index in [-0.39, 0.29) is 0 Å². The standard InChI is InChI=1S/C11H9BrIN3/c12-9-5-15-6-10(14)11(9)16-8-3-1-7(13)2-4-8/h1-6H,14H2,(H,15,16). The Bertz CT molecular complexity index is 479. The summed E-state index contributed by atoms with van der Waals surface area (Å²) in [4.78, 5) is 3.99. The molecular formula is C11H9BrIN3. The lowest BCUT2D eigenvalue weighted by Crippen LogP contribution is -1.98. The van der Waals surface area contributed by atoms with E-state index in [1.807, 2.05) is 24.3 Å². The van der Waals surface area contributed by atoms with E-state index in [1.54, 1.807) is 12.4 Å². The molecule has 2 aromatic rings. The van der Waals surface area contributed by atoms with Gasteiger partial charge in [-0.1, -0.05) is 0 Å². The largest absolute Gasteiger partial charge is 0.396 e. The Kier molecular flexibility index (Phi) is 3.65. The summed E-state index contributed by atoms with van der Waals surface area (Å²) in [5.74, 6) is 0. The second-order valence-electron chi connectivity index (χ2n) is 3.22. The fourth-order valence-electron chi connectivity index (χ4n) is 1.26. The van der Waals surface area contributed by atoms with E-state index in [2.05, 4.69) is 48.8 Å². The molecule has 0 aliphatic heterocycles. The SMILES string of the molecule is Nc1cncc(Br)c1Nc1ccc(I)cc1. The number of nitrogens with two attached hydrogens (primary N) is 1. The van der Waals surface area contributed by atoms with Gasteiger partial charge in [0.25, 0.3) is 0 Å². The first kappa shape index (κ1) is 11.7. The highest BCUT2D eigenvalue weighted by Crippen LogP contribution is 2.30.